The number of benzene rings is 3. The molecular formula is C17H14ClNS. The minimum atomic E-state index is 0.553. The van der Waals surface area contributed by atoms with Crippen molar-refractivity contribution in [1.29, 1.82) is 0 Å². The summed E-state index contributed by atoms with van der Waals surface area (Å²) in [6, 6.07) is 20.5. The molecule has 3 rings (SSSR count). The largest absolute Gasteiger partial charge is 0.326 e. The van der Waals surface area contributed by atoms with Gasteiger partial charge < -0.3 is 5.73 Å². The maximum absolute atomic E-state index is 6.24. The fraction of sp³-hybridized carbons (Fsp3) is 0.0588. The molecule has 0 saturated carbocycles. The van der Waals surface area contributed by atoms with E-state index in [1.54, 1.807) is 11.8 Å². The first-order chi connectivity index (χ1) is 9.79. The van der Waals surface area contributed by atoms with Crippen molar-refractivity contribution in [3.63, 3.8) is 0 Å². The Bertz CT molecular complexity index is 755. The topological polar surface area (TPSA) is 26.0 Å². The summed E-state index contributed by atoms with van der Waals surface area (Å²) in [7, 11) is 0. The molecule has 0 aliphatic carbocycles. The first-order valence-electron chi connectivity index (χ1n) is 6.42. The zero-order chi connectivity index (χ0) is 13.9. The van der Waals surface area contributed by atoms with E-state index in [1.807, 2.05) is 30.3 Å². The fourth-order valence-corrected chi connectivity index (χ4v) is 3.47. The van der Waals surface area contributed by atoms with Gasteiger partial charge in [0.15, 0.2) is 0 Å². The Kier molecular flexibility index (Phi) is 3.97. The van der Waals surface area contributed by atoms with Gasteiger partial charge in [0.05, 0.1) is 5.02 Å². The molecule has 20 heavy (non-hydrogen) atoms. The number of halogens is 1. The highest BCUT2D eigenvalue weighted by atomic mass is 35.5. The van der Waals surface area contributed by atoms with Gasteiger partial charge >= 0.3 is 0 Å². The van der Waals surface area contributed by atoms with E-state index in [1.165, 1.54) is 21.2 Å². The minimum absolute atomic E-state index is 0.553. The van der Waals surface area contributed by atoms with E-state index >= 15 is 0 Å². The van der Waals surface area contributed by atoms with E-state index < -0.39 is 0 Å². The summed E-state index contributed by atoms with van der Waals surface area (Å²) in [6.45, 7) is 0.553. The monoisotopic (exact) mass is 299 g/mol. The van der Waals surface area contributed by atoms with Crippen LogP contribution in [0.3, 0.4) is 0 Å². The molecule has 3 aromatic carbocycles. The number of rotatable bonds is 3. The smallest absolute Gasteiger partial charge is 0.0545 e. The second-order valence-electron chi connectivity index (χ2n) is 4.51. The summed E-state index contributed by atoms with van der Waals surface area (Å²) >= 11 is 7.93. The van der Waals surface area contributed by atoms with Crippen molar-refractivity contribution in [2.45, 2.75) is 16.3 Å². The van der Waals surface area contributed by atoms with Gasteiger partial charge in [-0.05, 0) is 34.5 Å². The molecule has 0 radical (unpaired) electrons. The lowest BCUT2D eigenvalue weighted by molar-refractivity contribution is 1.08. The predicted octanol–water partition coefficient (Wildman–Crippen LogP) is 5.10. The molecule has 0 heterocycles. The van der Waals surface area contributed by atoms with Crippen LogP contribution in [0.1, 0.15) is 5.56 Å². The molecule has 0 atom stereocenters. The summed E-state index contributed by atoms with van der Waals surface area (Å²) in [5.41, 5.74) is 6.99. The Morgan fingerprint density at radius 1 is 0.800 bits per heavy atom. The maximum Gasteiger partial charge on any atom is 0.0545 e. The molecule has 100 valence electrons. The molecule has 3 aromatic rings. The van der Waals surface area contributed by atoms with Crippen LogP contribution in [0.2, 0.25) is 5.02 Å². The molecule has 1 nitrogen and oxygen atoms in total. The van der Waals surface area contributed by atoms with Crippen molar-refractivity contribution >= 4 is 34.1 Å². The van der Waals surface area contributed by atoms with E-state index in [0.717, 1.165) is 9.92 Å². The average molecular weight is 300 g/mol. The van der Waals surface area contributed by atoms with Gasteiger partial charge in [-0.1, -0.05) is 65.8 Å². The van der Waals surface area contributed by atoms with Crippen molar-refractivity contribution in [3.05, 3.63) is 71.2 Å². The van der Waals surface area contributed by atoms with Crippen LogP contribution in [-0.4, -0.2) is 0 Å². The summed E-state index contributed by atoms with van der Waals surface area (Å²) in [6.07, 6.45) is 0. The third-order valence-corrected chi connectivity index (χ3v) is 4.84. The van der Waals surface area contributed by atoms with Gasteiger partial charge in [0.1, 0.15) is 0 Å². The first kappa shape index (κ1) is 13.5. The number of hydrogen-bond donors (Lipinski definition) is 1. The van der Waals surface area contributed by atoms with Gasteiger partial charge in [-0.25, -0.2) is 0 Å². The summed E-state index contributed by atoms with van der Waals surface area (Å²) in [5.74, 6) is 0. The number of nitrogens with two attached hydrogens (primary N) is 1. The van der Waals surface area contributed by atoms with E-state index in [4.69, 9.17) is 17.3 Å². The molecular weight excluding hydrogens is 286 g/mol. The highest BCUT2D eigenvalue weighted by Gasteiger charge is 2.08. The fourth-order valence-electron chi connectivity index (χ4n) is 2.25. The molecule has 0 spiro atoms. The Morgan fingerprint density at radius 2 is 1.50 bits per heavy atom. The lowest BCUT2D eigenvalue weighted by Crippen LogP contribution is -1.97. The highest BCUT2D eigenvalue weighted by molar-refractivity contribution is 7.99. The molecule has 0 amide bonds. The van der Waals surface area contributed by atoms with Crippen LogP contribution in [-0.2, 0) is 6.54 Å². The molecule has 0 aliphatic rings. The van der Waals surface area contributed by atoms with Crippen LogP contribution in [0, 0.1) is 0 Å². The van der Waals surface area contributed by atoms with Crippen molar-refractivity contribution < 1.29 is 0 Å². The summed E-state index contributed by atoms with van der Waals surface area (Å²) < 4.78 is 0. The first-order valence-corrected chi connectivity index (χ1v) is 7.62. The Morgan fingerprint density at radius 3 is 2.25 bits per heavy atom. The molecule has 3 heteroatoms. The Balaban J connectivity index is 2.11. The molecule has 0 aliphatic heterocycles. The van der Waals surface area contributed by atoms with Crippen molar-refractivity contribution in [2.24, 2.45) is 5.73 Å². The van der Waals surface area contributed by atoms with Crippen LogP contribution >= 0.6 is 23.4 Å². The molecule has 0 unspecified atom stereocenters. The van der Waals surface area contributed by atoms with Crippen molar-refractivity contribution in [3.8, 4) is 0 Å². The van der Waals surface area contributed by atoms with E-state index in [9.17, 15) is 0 Å². The van der Waals surface area contributed by atoms with Gasteiger partial charge in [0.25, 0.3) is 0 Å². The molecule has 0 aromatic heterocycles. The predicted molar refractivity (Wildman–Crippen MR) is 87.4 cm³/mol. The third kappa shape index (κ3) is 2.55. The van der Waals surface area contributed by atoms with Crippen LogP contribution < -0.4 is 5.73 Å². The zero-order valence-electron chi connectivity index (χ0n) is 10.8. The average Bonchev–Trinajstić information content (AvgIpc) is 2.50. The Hall–Kier alpha value is -1.48. The van der Waals surface area contributed by atoms with E-state index in [-0.39, 0.29) is 0 Å². The van der Waals surface area contributed by atoms with Crippen molar-refractivity contribution in [2.75, 3.05) is 0 Å². The summed E-state index contributed by atoms with van der Waals surface area (Å²) in [5, 5.41) is 3.22. The van der Waals surface area contributed by atoms with Gasteiger partial charge in [-0.3, -0.25) is 0 Å². The highest BCUT2D eigenvalue weighted by Crippen LogP contribution is 2.37. The van der Waals surface area contributed by atoms with Crippen LogP contribution in [0.5, 0.6) is 0 Å². The zero-order valence-corrected chi connectivity index (χ0v) is 12.4. The quantitative estimate of drug-likeness (QED) is 0.728. The SMILES string of the molecule is NCc1ccc(Sc2ccccc2Cl)c2ccccc12. The van der Waals surface area contributed by atoms with Gasteiger partial charge in [0.2, 0.25) is 0 Å². The second-order valence-corrected chi connectivity index (χ2v) is 6.00. The van der Waals surface area contributed by atoms with Gasteiger partial charge in [-0.15, -0.1) is 0 Å². The molecule has 0 bridgehead atoms. The normalized spacial score (nSPS) is 10.9. The second kappa shape index (κ2) is 5.88. The molecule has 0 saturated heterocycles. The summed E-state index contributed by atoms with van der Waals surface area (Å²) in [4.78, 5) is 2.27. The lowest BCUT2D eigenvalue weighted by Gasteiger charge is -2.10. The van der Waals surface area contributed by atoms with Crippen LogP contribution in [0.15, 0.2) is 70.5 Å². The van der Waals surface area contributed by atoms with E-state index in [2.05, 4.69) is 30.3 Å². The molecule has 0 fully saturated rings. The number of fused-ring (bicyclic) bond motifs is 1. The lowest BCUT2D eigenvalue weighted by atomic mass is 10.0. The van der Waals surface area contributed by atoms with Crippen LogP contribution in [0.4, 0.5) is 0 Å². The van der Waals surface area contributed by atoms with Crippen LogP contribution in [0.25, 0.3) is 10.8 Å². The maximum atomic E-state index is 6.24. The van der Waals surface area contributed by atoms with E-state index in [0.29, 0.717) is 6.54 Å². The molecule has 2 N–H and O–H groups in total. The number of hydrogen-bond acceptors (Lipinski definition) is 2. The third-order valence-electron chi connectivity index (χ3n) is 3.25. The van der Waals surface area contributed by atoms with Gasteiger partial charge in [0, 0.05) is 16.3 Å². The standard InChI is InChI=1S/C17H14ClNS/c18-15-7-3-4-8-17(15)20-16-10-9-12(11-19)13-5-1-2-6-14(13)16/h1-10H,11,19H2. The minimum Gasteiger partial charge on any atom is -0.326 e. The van der Waals surface area contributed by atoms with Crippen molar-refractivity contribution in [1.82, 2.24) is 0 Å². The van der Waals surface area contributed by atoms with Gasteiger partial charge in [-0.2, -0.15) is 0 Å². The Labute approximate surface area is 127 Å².